The Balaban J connectivity index is 1.87. The molecule has 2 N–H and O–H groups in total. The van der Waals surface area contributed by atoms with Crippen LogP contribution in [0.15, 0.2) is 24.3 Å². The maximum atomic E-state index is 11.9. The molecule has 0 spiro atoms. The Kier molecular flexibility index (Phi) is 4.80. The predicted molar refractivity (Wildman–Crippen MR) is 75.1 cm³/mol. The number of hydrogen-bond donors (Lipinski definition) is 2. The van der Waals surface area contributed by atoms with E-state index in [2.05, 4.69) is 5.32 Å². The molecule has 1 saturated heterocycles. The molecule has 1 aromatic rings. The molecule has 2 unspecified atom stereocenters. The van der Waals surface area contributed by atoms with Gasteiger partial charge in [0.25, 0.3) is 0 Å². The van der Waals surface area contributed by atoms with Crippen LogP contribution in [-0.4, -0.2) is 41.7 Å². The van der Waals surface area contributed by atoms with Crippen molar-refractivity contribution in [1.29, 1.82) is 0 Å². The number of amides is 1. The number of β-amino-alcohol motifs (C(OH)–C–C–N with tert-alkyl or cyclic N) is 1. The molecule has 1 fully saturated rings. The van der Waals surface area contributed by atoms with Crippen LogP contribution in [0.3, 0.4) is 0 Å². The Hall–Kier alpha value is -1.10. The van der Waals surface area contributed by atoms with Gasteiger partial charge in [-0.3, -0.25) is 9.69 Å². The summed E-state index contributed by atoms with van der Waals surface area (Å²) in [6, 6.07) is 7.38. The SMILES string of the molecule is CC(NC(=O)CN1CCC(O)C1)c1ccccc1Cl. The third-order valence-electron chi connectivity index (χ3n) is 3.36. The van der Waals surface area contributed by atoms with Crippen molar-refractivity contribution in [2.75, 3.05) is 19.6 Å². The van der Waals surface area contributed by atoms with Crippen LogP contribution in [-0.2, 0) is 4.79 Å². The minimum atomic E-state index is -0.297. The lowest BCUT2D eigenvalue weighted by atomic mass is 10.1. The molecular weight excluding hydrogens is 264 g/mol. The van der Waals surface area contributed by atoms with Crippen LogP contribution in [0.1, 0.15) is 24.9 Å². The number of nitrogens with one attached hydrogen (secondary N) is 1. The first kappa shape index (κ1) is 14.3. The molecule has 2 rings (SSSR count). The van der Waals surface area contributed by atoms with Gasteiger partial charge in [0, 0.05) is 18.1 Å². The topological polar surface area (TPSA) is 52.6 Å². The molecule has 1 amide bonds. The molecule has 1 heterocycles. The number of nitrogens with zero attached hydrogens (tertiary/aromatic N) is 1. The second kappa shape index (κ2) is 6.37. The maximum absolute atomic E-state index is 11.9. The normalized spacial score (nSPS) is 21.3. The van der Waals surface area contributed by atoms with Crippen molar-refractivity contribution >= 4 is 17.5 Å². The molecule has 4 nitrogen and oxygen atoms in total. The molecular formula is C14H19ClN2O2. The van der Waals surface area contributed by atoms with Crippen LogP contribution in [0.25, 0.3) is 0 Å². The molecule has 104 valence electrons. The number of hydrogen-bond acceptors (Lipinski definition) is 3. The fourth-order valence-corrected chi connectivity index (χ4v) is 2.65. The molecule has 1 aromatic carbocycles. The average Bonchev–Trinajstić information content (AvgIpc) is 2.74. The molecule has 2 atom stereocenters. The van der Waals surface area contributed by atoms with Gasteiger partial charge in [0.15, 0.2) is 0 Å². The number of halogens is 1. The van der Waals surface area contributed by atoms with Crippen molar-refractivity contribution in [3.05, 3.63) is 34.9 Å². The molecule has 1 aliphatic heterocycles. The van der Waals surface area contributed by atoms with E-state index in [1.54, 1.807) is 0 Å². The molecule has 0 radical (unpaired) electrons. The summed E-state index contributed by atoms with van der Waals surface area (Å²) in [5, 5.41) is 13.0. The Labute approximate surface area is 118 Å². The zero-order valence-electron chi connectivity index (χ0n) is 11.0. The van der Waals surface area contributed by atoms with Crippen molar-refractivity contribution in [2.45, 2.75) is 25.5 Å². The number of rotatable bonds is 4. The number of likely N-dealkylation sites (tertiary alicyclic amines) is 1. The van der Waals surface area contributed by atoms with Gasteiger partial charge in [-0.2, -0.15) is 0 Å². The van der Waals surface area contributed by atoms with E-state index >= 15 is 0 Å². The molecule has 0 aliphatic carbocycles. The highest BCUT2D eigenvalue weighted by Crippen LogP contribution is 2.22. The van der Waals surface area contributed by atoms with Gasteiger partial charge in [0.2, 0.25) is 5.91 Å². The zero-order chi connectivity index (χ0) is 13.8. The number of aliphatic hydroxyl groups is 1. The van der Waals surface area contributed by atoms with Gasteiger partial charge in [0.05, 0.1) is 18.7 Å². The van der Waals surface area contributed by atoms with E-state index in [0.717, 1.165) is 18.5 Å². The third-order valence-corrected chi connectivity index (χ3v) is 3.71. The van der Waals surface area contributed by atoms with Crippen molar-refractivity contribution in [2.24, 2.45) is 0 Å². The van der Waals surface area contributed by atoms with Crippen LogP contribution in [0.2, 0.25) is 5.02 Å². The first-order chi connectivity index (χ1) is 9.06. The molecule has 0 bridgehead atoms. The van der Waals surface area contributed by atoms with Crippen LogP contribution in [0.4, 0.5) is 0 Å². The van der Waals surface area contributed by atoms with E-state index in [4.69, 9.17) is 11.6 Å². The predicted octanol–water partition coefficient (Wildman–Crippen LogP) is 1.58. The summed E-state index contributed by atoms with van der Waals surface area (Å²) in [7, 11) is 0. The lowest BCUT2D eigenvalue weighted by Crippen LogP contribution is -2.37. The molecule has 0 aromatic heterocycles. The summed E-state index contributed by atoms with van der Waals surface area (Å²) in [5.74, 6) is -0.0403. The zero-order valence-corrected chi connectivity index (χ0v) is 11.7. The van der Waals surface area contributed by atoms with Gasteiger partial charge >= 0.3 is 0 Å². The minimum absolute atomic E-state index is 0.0403. The summed E-state index contributed by atoms with van der Waals surface area (Å²) in [5.41, 5.74) is 0.916. The van der Waals surface area contributed by atoms with Gasteiger partial charge in [-0.1, -0.05) is 29.8 Å². The molecule has 1 aliphatic rings. The van der Waals surface area contributed by atoms with Crippen LogP contribution >= 0.6 is 11.6 Å². The first-order valence-corrected chi connectivity index (χ1v) is 6.88. The summed E-state index contributed by atoms with van der Waals surface area (Å²) in [4.78, 5) is 13.9. The Morgan fingerprint density at radius 2 is 2.32 bits per heavy atom. The summed E-state index contributed by atoms with van der Waals surface area (Å²) < 4.78 is 0. The van der Waals surface area contributed by atoms with Crippen molar-refractivity contribution < 1.29 is 9.90 Å². The van der Waals surface area contributed by atoms with E-state index in [-0.39, 0.29) is 18.1 Å². The molecule has 5 heteroatoms. The first-order valence-electron chi connectivity index (χ1n) is 6.50. The lowest BCUT2D eigenvalue weighted by molar-refractivity contribution is -0.122. The largest absolute Gasteiger partial charge is 0.392 e. The molecule has 0 saturated carbocycles. The van der Waals surface area contributed by atoms with E-state index in [0.29, 0.717) is 18.1 Å². The Bertz CT molecular complexity index is 453. The van der Waals surface area contributed by atoms with Crippen LogP contribution < -0.4 is 5.32 Å². The van der Waals surface area contributed by atoms with E-state index < -0.39 is 0 Å². The number of aliphatic hydroxyl groups excluding tert-OH is 1. The van der Waals surface area contributed by atoms with Gasteiger partial charge in [-0.05, 0) is 25.0 Å². The van der Waals surface area contributed by atoms with Crippen LogP contribution in [0, 0.1) is 0 Å². The highest BCUT2D eigenvalue weighted by molar-refractivity contribution is 6.31. The minimum Gasteiger partial charge on any atom is -0.392 e. The average molecular weight is 283 g/mol. The Morgan fingerprint density at radius 3 is 2.95 bits per heavy atom. The van der Waals surface area contributed by atoms with Gasteiger partial charge in [0.1, 0.15) is 0 Å². The van der Waals surface area contributed by atoms with Crippen molar-refractivity contribution in [1.82, 2.24) is 10.2 Å². The summed E-state index contributed by atoms with van der Waals surface area (Å²) in [6.45, 7) is 3.59. The monoisotopic (exact) mass is 282 g/mol. The standard InChI is InChI=1S/C14H19ClN2O2/c1-10(12-4-2-3-5-13(12)15)16-14(19)9-17-7-6-11(18)8-17/h2-5,10-11,18H,6-9H2,1H3,(H,16,19). The van der Waals surface area contributed by atoms with Gasteiger partial charge in [-0.15, -0.1) is 0 Å². The number of carbonyl (C=O) groups is 1. The lowest BCUT2D eigenvalue weighted by Gasteiger charge is -2.19. The highest BCUT2D eigenvalue weighted by atomic mass is 35.5. The summed E-state index contributed by atoms with van der Waals surface area (Å²) in [6.07, 6.45) is 0.446. The van der Waals surface area contributed by atoms with E-state index in [9.17, 15) is 9.90 Å². The fourth-order valence-electron chi connectivity index (χ4n) is 2.35. The highest BCUT2D eigenvalue weighted by Gasteiger charge is 2.22. The maximum Gasteiger partial charge on any atom is 0.234 e. The van der Waals surface area contributed by atoms with E-state index in [1.807, 2.05) is 36.1 Å². The molecule has 19 heavy (non-hydrogen) atoms. The third kappa shape index (κ3) is 3.93. The quantitative estimate of drug-likeness (QED) is 0.882. The van der Waals surface area contributed by atoms with Crippen molar-refractivity contribution in [3.8, 4) is 0 Å². The number of carbonyl (C=O) groups excluding carboxylic acids is 1. The van der Waals surface area contributed by atoms with E-state index in [1.165, 1.54) is 0 Å². The van der Waals surface area contributed by atoms with Gasteiger partial charge in [-0.25, -0.2) is 0 Å². The van der Waals surface area contributed by atoms with Crippen LogP contribution in [0.5, 0.6) is 0 Å². The fraction of sp³-hybridized carbons (Fsp3) is 0.500. The second-order valence-electron chi connectivity index (χ2n) is 4.99. The smallest absolute Gasteiger partial charge is 0.234 e. The summed E-state index contributed by atoms with van der Waals surface area (Å²) >= 11 is 6.10. The number of benzene rings is 1. The Morgan fingerprint density at radius 1 is 1.58 bits per heavy atom. The second-order valence-corrected chi connectivity index (χ2v) is 5.40. The van der Waals surface area contributed by atoms with Gasteiger partial charge < -0.3 is 10.4 Å². The van der Waals surface area contributed by atoms with Crippen molar-refractivity contribution in [3.63, 3.8) is 0 Å².